The minimum absolute atomic E-state index is 0.0182. The Morgan fingerprint density at radius 1 is 1.03 bits per heavy atom. The highest BCUT2D eigenvalue weighted by Crippen LogP contribution is 2.42. The van der Waals surface area contributed by atoms with Gasteiger partial charge in [0.25, 0.3) is 0 Å². The molecule has 0 unspecified atom stereocenters. The van der Waals surface area contributed by atoms with Crippen LogP contribution in [0.15, 0.2) is 48.5 Å². The number of carbonyl (C=O) groups excluding carboxylic acids is 1. The van der Waals surface area contributed by atoms with Crippen LogP contribution >= 0.6 is 22.9 Å². The van der Waals surface area contributed by atoms with Crippen molar-refractivity contribution in [3.8, 4) is 0 Å². The zero-order valence-electron chi connectivity index (χ0n) is 15.5. The van der Waals surface area contributed by atoms with E-state index >= 15 is 0 Å². The van der Waals surface area contributed by atoms with Crippen LogP contribution in [0.3, 0.4) is 0 Å². The number of nitrogens with two attached hydrogens (primary N) is 1. The Bertz CT molecular complexity index is 1030. The van der Waals surface area contributed by atoms with Crippen LogP contribution in [0, 0.1) is 0 Å². The van der Waals surface area contributed by atoms with Gasteiger partial charge in [-0.2, -0.15) is 0 Å². The minimum Gasteiger partial charge on any atom is -0.477 e. The summed E-state index contributed by atoms with van der Waals surface area (Å²) in [6.07, 6.45) is 3.65. The smallest absolute Gasteiger partial charge is 0.345 e. The number of halogens is 1. The van der Waals surface area contributed by atoms with E-state index in [2.05, 4.69) is 11.2 Å². The first-order chi connectivity index (χ1) is 14.0. The quantitative estimate of drug-likeness (QED) is 0.431. The Balaban J connectivity index is 0.00000117. The molecule has 1 aromatic heterocycles. The van der Waals surface area contributed by atoms with Gasteiger partial charge in [0.15, 0.2) is 0 Å². The highest BCUT2D eigenvalue weighted by Gasteiger charge is 2.42. The van der Waals surface area contributed by atoms with E-state index in [9.17, 15) is 9.59 Å². The average Bonchev–Trinajstić information content (AvgIpc) is 3.38. The summed E-state index contributed by atoms with van der Waals surface area (Å²) in [7, 11) is 0. The van der Waals surface area contributed by atoms with Crippen molar-refractivity contribution in [1.29, 1.82) is 0 Å². The number of thiophene rings is 1. The van der Waals surface area contributed by atoms with Crippen molar-refractivity contribution in [2.75, 3.05) is 5.32 Å². The van der Waals surface area contributed by atoms with Crippen LogP contribution in [0.4, 0.5) is 5.69 Å². The first-order valence-electron chi connectivity index (χ1n) is 9.08. The molecule has 6 nitrogen and oxygen atoms in total. The van der Waals surface area contributed by atoms with Gasteiger partial charge in [0.2, 0.25) is 5.91 Å². The number of carbonyl (C=O) groups is 2. The number of carboxylic acids is 1. The fraction of sp³-hybridized carbons (Fsp3) is 0.238. The average molecular weight is 433 g/mol. The molecule has 4 rings (SSSR count). The summed E-state index contributed by atoms with van der Waals surface area (Å²) < 4.78 is 0.888. The first-order valence-corrected chi connectivity index (χ1v) is 10.3. The Morgan fingerprint density at radius 3 is 2.31 bits per heavy atom. The zero-order valence-corrected chi connectivity index (χ0v) is 17.1. The number of hydrogen-bond donors (Lipinski definition) is 4. The van der Waals surface area contributed by atoms with Crippen LogP contribution in [0.5, 0.6) is 0 Å². The summed E-state index contributed by atoms with van der Waals surface area (Å²) in [5, 5.41) is 20.2. The molecule has 29 heavy (non-hydrogen) atoms. The third-order valence-corrected chi connectivity index (χ3v) is 6.63. The molecule has 0 saturated heterocycles. The van der Waals surface area contributed by atoms with Gasteiger partial charge in [-0.15, -0.1) is 11.3 Å². The van der Waals surface area contributed by atoms with E-state index in [1.165, 1.54) is 11.3 Å². The normalized spacial score (nSPS) is 14.9. The van der Waals surface area contributed by atoms with Gasteiger partial charge in [0.05, 0.1) is 5.41 Å². The third kappa shape index (κ3) is 4.28. The van der Waals surface area contributed by atoms with Crippen LogP contribution < -0.4 is 11.2 Å². The van der Waals surface area contributed by atoms with E-state index in [0.717, 1.165) is 41.3 Å². The molecule has 0 atom stereocenters. The lowest BCUT2D eigenvalue weighted by atomic mass is 9.78. The third-order valence-electron chi connectivity index (χ3n) is 5.27. The van der Waals surface area contributed by atoms with Gasteiger partial charge in [-0.05, 0) is 60.2 Å². The number of aromatic carboxylic acids is 1. The molecule has 152 valence electrons. The summed E-state index contributed by atoms with van der Waals surface area (Å²) in [4.78, 5) is 24.7. The highest BCUT2D eigenvalue weighted by atomic mass is 35.5. The molecule has 1 saturated carbocycles. The summed E-state index contributed by atoms with van der Waals surface area (Å²) in [5.41, 5.74) is 1.13. The molecule has 0 radical (unpaired) electrons. The second-order valence-electron chi connectivity index (χ2n) is 6.92. The topological polar surface area (TPSA) is 113 Å². The maximum Gasteiger partial charge on any atom is 0.345 e. The highest BCUT2D eigenvalue weighted by molar-refractivity contribution is 7.20. The first kappa shape index (κ1) is 21.3. The van der Waals surface area contributed by atoms with Crippen LogP contribution in [0.2, 0.25) is 5.02 Å². The van der Waals surface area contributed by atoms with Crippen molar-refractivity contribution in [3.05, 3.63) is 64.0 Å². The van der Waals surface area contributed by atoms with Gasteiger partial charge in [-0.1, -0.05) is 36.6 Å². The van der Waals surface area contributed by atoms with E-state index in [1.54, 1.807) is 6.07 Å². The number of fused-ring (bicyclic) bond motifs is 1. The van der Waals surface area contributed by atoms with Gasteiger partial charge in [0.1, 0.15) is 4.88 Å². The lowest BCUT2D eigenvalue weighted by Gasteiger charge is -2.28. The lowest BCUT2D eigenvalue weighted by Crippen LogP contribution is -2.37. The molecule has 5 N–H and O–H groups in total. The van der Waals surface area contributed by atoms with E-state index < -0.39 is 11.4 Å². The molecule has 0 aliphatic heterocycles. The largest absolute Gasteiger partial charge is 0.477 e. The number of benzene rings is 2. The van der Waals surface area contributed by atoms with Gasteiger partial charge in [0, 0.05) is 15.4 Å². The molecule has 1 aliphatic carbocycles. The fourth-order valence-corrected chi connectivity index (χ4v) is 4.88. The number of nitrogens with one attached hydrogen (secondary N) is 1. The molecule has 1 fully saturated rings. The van der Waals surface area contributed by atoms with Gasteiger partial charge >= 0.3 is 5.97 Å². The van der Waals surface area contributed by atoms with Gasteiger partial charge < -0.3 is 15.6 Å². The molecule has 2 aromatic carbocycles. The molecule has 3 aromatic rings. The number of anilines is 1. The summed E-state index contributed by atoms with van der Waals surface area (Å²) in [6.45, 7) is 0. The van der Waals surface area contributed by atoms with Gasteiger partial charge in [-0.3, -0.25) is 4.79 Å². The lowest BCUT2D eigenvalue weighted by molar-refractivity contribution is -0.121. The molecule has 1 heterocycles. The minimum atomic E-state index is -0.936. The Kier molecular flexibility index (Phi) is 6.54. The molecule has 1 amide bonds. The molecule has 8 heteroatoms. The fourth-order valence-electron chi connectivity index (χ4n) is 3.87. The maximum atomic E-state index is 13.2. The van der Waals surface area contributed by atoms with E-state index in [-0.39, 0.29) is 5.91 Å². The summed E-state index contributed by atoms with van der Waals surface area (Å²) in [6, 6.07) is 14.7. The monoisotopic (exact) mass is 432 g/mol. The molecule has 0 spiro atoms. The standard InChI is InChI=1S/C21H18ClNO3S.H3NO/c22-15-5-3-14(4-6-15)21(9-1-2-10-21)20(26)23-16-7-8-17-13(11-16)12-18(27-17)19(24)25;1-2/h3-8,11-12H,1-2,9-10H2,(H,23,26)(H,24,25);2H,1H2. The number of rotatable bonds is 4. The van der Waals surface area contributed by atoms with Crippen molar-refractivity contribution in [1.82, 2.24) is 0 Å². The molecular formula is C21H21ClN2O4S. The van der Waals surface area contributed by atoms with Crippen LogP contribution in [0.1, 0.15) is 40.9 Å². The zero-order chi connectivity index (χ0) is 21.0. The molecule has 1 aliphatic rings. The van der Waals surface area contributed by atoms with Crippen LogP contribution in [-0.2, 0) is 10.2 Å². The van der Waals surface area contributed by atoms with Gasteiger partial charge in [-0.25, -0.2) is 10.7 Å². The van der Waals surface area contributed by atoms with Crippen molar-refractivity contribution in [2.24, 2.45) is 5.90 Å². The van der Waals surface area contributed by atoms with Crippen molar-refractivity contribution in [3.63, 3.8) is 0 Å². The Labute approximate surface area is 176 Å². The summed E-state index contributed by atoms with van der Waals surface area (Å²) in [5.74, 6) is 2.55. The van der Waals surface area contributed by atoms with Crippen molar-refractivity contribution < 1.29 is 19.9 Å². The van der Waals surface area contributed by atoms with E-state index in [0.29, 0.717) is 15.6 Å². The Hall–Kier alpha value is -2.45. The molecule has 0 bridgehead atoms. The second-order valence-corrected chi connectivity index (χ2v) is 8.44. The number of carboxylic acid groups (broad SMARTS) is 1. The maximum absolute atomic E-state index is 13.2. The number of hydrogen-bond acceptors (Lipinski definition) is 5. The second kappa shape index (κ2) is 8.92. The predicted molar refractivity (Wildman–Crippen MR) is 115 cm³/mol. The molecular weight excluding hydrogens is 412 g/mol. The van der Waals surface area contributed by atoms with Crippen LogP contribution in [0.25, 0.3) is 10.1 Å². The summed E-state index contributed by atoms with van der Waals surface area (Å²) >= 11 is 7.24. The van der Waals surface area contributed by atoms with E-state index in [1.807, 2.05) is 42.5 Å². The predicted octanol–water partition coefficient (Wildman–Crippen LogP) is 5.04. The SMILES string of the molecule is NO.O=C(O)c1cc2cc(NC(=O)C3(c4ccc(Cl)cc4)CCCC3)ccc2s1. The van der Waals surface area contributed by atoms with Crippen molar-refractivity contribution in [2.45, 2.75) is 31.1 Å². The number of amides is 1. The van der Waals surface area contributed by atoms with Crippen LogP contribution in [-0.4, -0.2) is 22.2 Å². The Morgan fingerprint density at radius 2 is 1.69 bits per heavy atom. The van der Waals surface area contributed by atoms with Crippen molar-refractivity contribution >= 4 is 50.6 Å². The van der Waals surface area contributed by atoms with E-state index in [4.69, 9.17) is 21.9 Å².